The maximum Gasteiger partial charge on any atom is 0.135 e. The number of benzene rings is 1. The molecule has 0 amide bonds. The van der Waals surface area contributed by atoms with Gasteiger partial charge in [0.05, 0.1) is 28.4 Å². The Hall–Kier alpha value is -1.92. The number of ether oxygens (including phenoxy) is 1. The lowest BCUT2D eigenvalue weighted by molar-refractivity contribution is 0.0924. The highest BCUT2D eigenvalue weighted by molar-refractivity contribution is 7.19. The molecule has 2 aliphatic heterocycles. The molecule has 4 rings (SSSR count). The summed E-state index contributed by atoms with van der Waals surface area (Å²) in [5, 5.41) is 19.4. The lowest BCUT2D eigenvalue weighted by Crippen LogP contribution is -2.34. The molecule has 1 aromatic heterocycles. The molecule has 2 aromatic rings. The van der Waals surface area contributed by atoms with Crippen molar-refractivity contribution in [3.8, 4) is 0 Å². The van der Waals surface area contributed by atoms with E-state index < -0.39 is 0 Å². The first kappa shape index (κ1) is 13.7. The lowest BCUT2D eigenvalue weighted by atomic mass is 10.2. The smallest absolute Gasteiger partial charge is 0.135 e. The summed E-state index contributed by atoms with van der Waals surface area (Å²) in [5.74, 6) is 0.592. The van der Waals surface area contributed by atoms with Crippen LogP contribution in [0.2, 0.25) is 0 Å². The molecule has 6 heteroatoms. The first-order valence-corrected chi connectivity index (χ1v) is 8.27. The topological polar surface area (TPSA) is 69.4 Å². The number of amidine groups is 1. The average molecular weight is 315 g/mol. The van der Waals surface area contributed by atoms with Gasteiger partial charge in [-0.05, 0) is 25.0 Å². The van der Waals surface area contributed by atoms with Gasteiger partial charge in [-0.2, -0.15) is 0 Å². The van der Waals surface area contributed by atoms with E-state index in [1.807, 2.05) is 29.2 Å². The van der Waals surface area contributed by atoms with Crippen LogP contribution in [0.3, 0.4) is 0 Å². The first-order valence-electron chi connectivity index (χ1n) is 7.46. The molecule has 0 aliphatic carbocycles. The Morgan fingerprint density at radius 2 is 2.27 bits per heavy atom. The van der Waals surface area contributed by atoms with Crippen LogP contribution in [0.1, 0.15) is 17.8 Å². The molecule has 22 heavy (non-hydrogen) atoms. The normalized spacial score (nSPS) is 22.3. The second kappa shape index (κ2) is 5.37. The lowest BCUT2D eigenvalue weighted by Gasteiger charge is -2.21. The number of aliphatic hydroxyl groups excluding tert-OH is 1. The zero-order chi connectivity index (χ0) is 15.1. The van der Waals surface area contributed by atoms with Crippen molar-refractivity contribution in [3.05, 3.63) is 35.0 Å². The quantitative estimate of drug-likeness (QED) is 0.913. The first-order chi connectivity index (χ1) is 10.7. The van der Waals surface area contributed by atoms with Gasteiger partial charge >= 0.3 is 0 Å². The molecule has 114 valence electrons. The summed E-state index contributed by atoms with van der Waals surface area (Å²) in [6.07, 6.45) is 2.28. The zero-order valence-corrected chi connectivity index (χ0v) is 12.9. The SMILES string of the molecule is N=C1C(c2nc3ccccc3s2)=C(O)CN1CC1CCCO1. The van der Waals surface area contributed by atoms with E-state index in [-0.39, 0.29) is 11.9 Å². The maximum absolute atomic E-state index is 10.3. The minimum absolute atomic E-state index is 0.169. The van der Waals surface area contributed by atoms with Crippen LogP contribution in [0.4, 0.5) is 0 Å². The second-order valence-electron chi connectivity index (χ2n) is 5.67. The Kier molecular flexibility index (Phi) is 3.35. The van der Waals surface area contributed by atoms with Crippen LogP contribution in [0.15, 0.2) is 30.0 Å². The molecule has 1 atom stereocenters. The van der Waals surface area contributed by atoms with Gasteiger partial charge in [-0.3, -0.25) is 5.41 Å². The summed E-state index contributed by atoms with van der Waals surface area (Å²) in [4.78, 5) is 6.45. The number of nitrogens with one attached hydrogen (secondary N) is 1. The Labute approximate surface area is 132 Å². The van der Waals surface area contributed by atoms with E-state index in [1.54, 1.807) is 0 Å². The predicted octanol–water partition coefficient (Wildman–Crippen LogP) is 3.04. The standard InChI is InChI=1S/C16H17N3O2S/c17-15-14(16-18-11-5-1-2-6-13(11)22-16)12(20)9-19(15)8-10-4-3-7-21-10/h1-2,5-6,10,17,20H,3-4,7-9H2. The second-order valence-corrected chi connectivity index (χ2v) is 6.70. The van der Waals surface area contributed by atoms with Crippen molar-refractivity contribution in [2.75, 3.05) is 19.7 Å². The van der Waals surface area contributed by atoms with Crippen molar-refractivity contribution < 1.29 is 9.84 Å². The fraction of sp³-hybridized carbons (Fsp3) is 0.375. The predicted molar refractivity (Wildman–Crippen MR) is 87.4 cm³/mol. The Balaban J connectivity index is 1.60. The highest BCUT2D eigenvalue weighted by Crippen LogP contribution is 2.33. The van der Waals surface area contributed by atoms with Crippen LogP contribution in [-0.4, -0.2) is 46.6 Å². The van der Waals surface area contributed by atoms with E-state index >= 15 is 0 Å². The molecular weight excluding hydrogens is 298 g/mol. The number of para-hydroxylation sites is 1. The largest absolute Gasteiger partial charge is 0.510 e. The minimum atomic E-state index is 0.169. The van der Waals surface area contributed by atoms with Gasteiger partial charge in [0.25, 0.3) is 0 Å². The molecule has 1 saturated heterocycles. The van der Waals surface area contributed by atoms with E-state index in [9.17, 15) is 5.11 Å². The van der Waals surface area contributed by atoms with Crippen molar-refractivity contribution in [2.24, 2.45) is 0 Å². The molecule has 1 aromatic carbocycles. The van der Waals surface area contributed by atoms with E-state index in [4.69, 9.17) is 10.1 Å². The van der Waals surface area contributed by atoms with E-state index in [0.29, 0.717) is 24.5 Å². The van der Waals surface area contributed by atoms with Gasteiger partial charge in [0.2, 0.25) is 0 Å². The molecule has 2 aliphatic rings. The molecule has 1 unspecified atom stereocenters. The van der Waals surface area contributed by atoms with Crippen molar-refractivity contribution >= 4 is 33.0 Å². The maximum atomic E-state index is 10.3. The molecule has 0 bridgehead atoms. The third-order valence-electron chi connectivity index (χ3n) is 4.14. The number of aromatic nitrogens is 1. The fourth-order valence-electron chi connectivity index (χ4n) is 3.03. The highest BCUT2D eigenvalue weighted by atomic mass is 32.1. The third kappa shape index (κ3) is 2.28. The van der Waals surface area contributed by atoms with Gasteiger partial charge in [-0.25, -0.2) is 4.98 Å². The Bertz CT molecular complexity index is 729. The number of nitrogens with zero attached hydrogens (tertiary/aromatic N) is 2. The van der Waals surface area contributed by atoms with Crippen LogP contribution in [0.5, 0.6) is 0 Å². The number of hydrogen-bond acceptors (Lipinski definition) is 5. The average Bonchev–Trinajstić information content (AvgIpc) is 3.19. The van der Waals surface area contributed by atoms with Crippen LogP contribution in [0, 0.1) is 5.41 Å². The number of rotatable bonds is 3. The summed E-state index contributed by atoms with van der Waals surface area (Å²) in [7, 11) is 0. The number of thiazole rings is 1. The zero-order valence-electron chi connectivity index (χ0n) is 12.1. The number of fused-ring (bicyclic) bond motifs is 1. The summed E-state index contributed by atoms with van der Waals surface area (Å²) in [6, 6.07) is 7.89. The van der Waals surface area contributed by atoms with Gasteiger partial charge < -0.3 is 14.7 Å². The van der Waals surface area contributed by atoms with Crippen LogP contribution < -0.4 is 0 Å². The van der Waals surface area contributed by atoms with E-state index in [1.165, 1.54) is 11.3 Å². The Morgan fingerprint density at radius 1 is 1.41 bits per heavy atom. The highest BCUT2D eigenvalue weighted by Gasteiger charge is 2.32. The van der Waals surface area contributed by atoms with Crippen molar-refractivity contribution in [3.63, 3.8) is 0 Å². The molecule has 1 fully saturated rings. The molecule has 0 spiro atoms. The Morgan fingerprint density at radius 3 is 3.05 bits per heavy atom. The fourth-order valence-corrected chi connectivity index (χ4v) is 4.06. The summed E-state index contributed by atoms with van der Waals surface area (Å²) in [6.45, 7) is 1.84. The van der Waals surface area contributed by atoms with Crippen molar-refractivity contribution in [1.82, 2.24) is 9.88 Å². The van der Waals surface area contributed by atoms with Crippen LogP contribution >= 0.6 is 11.3 Å². The van der Waals surface area contributed by atoms with Crippen LogP contribution in [0.25, 0.3) is 15.8 Å². The molecule has 0 radical (unpaired) electrons. The van der Waals surface area contributed by atoms with Gasteiger partial charge in [-0.15, -0.1) is 11.3 Å². The molecule has 5 nitrogen and oxygen atoms in total. The summed E-state index contributed by atoms with van der Waals surface area (Å²) >= 11 is 1.52. The summed E-state index contributed by atoms with van der Waals surface area (Å²) < 4.78 is 6.71. The number of hydrogen-bond donors (Lipinski definition) is 2. The molecule has 3 heterocycles. The molecule has 0 saturated carbocycles. The van der Waals surface area contributed by atoms with Gasteiger partial charge in [-0.1, -0.05) is 12.1 Å². The third-order valence-corrected chi connectivity index (χ3v) is 5.19. The van der Waals surface area contributed by atoms with Crippen LogP contribution in [-0.2, 0) is 4.74 Å². The van der Waals surface area contributed by atoms with Gasteiger partial charge in [0.1, 0.15) is 16.6 Å². The molecule has 2 N–H and O–H groups in total. The number of aliphatic hydroxyl groups is 1. The van der Waals surface area contributed by atoms with E-state index in [2.05, 4.69) is 4.98 Å². The minimum Gasteiger partial charge on any atom is -0.510 e. The van der Waals surface area contributed by atoms with E-state index in [0.717, 1.165) is 34.7 Å². The van der Waals surface area contributed by atoms with Crippen molar-refractivity contribution in [2.45, 2.75) is 18.9 Å². The van der Waals surface area contributed by atoms with Gasteiger partial charge in [0.15, 0.2) is 0 Å². The summed E-state index contributed by atoms with van der Waals surface area (Å²) in [5.41, 5.74) is 1.48. The monoisotopic (exact) mass is 315 g/mol. The van der Waals surface area contributed by atoms with Gasteiger partial charge in [0, 0.05) is 13.2 Å². The molecular formula is C16H17N3O2S. The van der Waals surface area contributed by atoms with Crippen molar-refractivity contribution in [1.29, 1.82) is 5.41 Å².